The molecule has 4 heteroatoms. The Morgan fingerprint density at radius 3 is 2.59 bits per heavy atom. The number of benzene rings is 2. The van der Waals surface area contributed by atoms with E-state index >= 15 is 0 Å². The first-order valence-electron chi connectivity index (χ1n) is 7.22. The summed E-state index contributed by atoms with van der Waals surface area (Å²) < 4.78 is 5.45. The van der Waals surface area contributed by atoms with Crippen LogP contribution < -0.4 is 4.74 Å². The minimum atomic E-state index is -0.854. The topological polar surface area (TPSA) is 46.5 Å². The van der Waals surface area contributed by atoms with Crippen molar-refractivity contribution in [1.82, 2.24) is 0 Å². The summed E-state index contributed by atoms with van der Waals surface area (Å²) in [5.41, 5.74) is 2.53. The Morgan fingerprint density at radius 2 is 2.00 bits per heavy atom. The predicted molar refractivity (Wildman–Crippen MR) is 87.9 cm³/mol. The van der Waals surface area contributed by atoms with Gasteiger partial charge in [-0.1, -0.05) is 35.9 Å². The van der Waals surface area contributed by atoms with Crippen LogP contribution in [0, 0.1) is 6.92 Å². The second-order valence-electron chi connectivity index (χ2n) is 5.14. The summed E-state index contributed by atoms with van der Waals surface area (Å²) in [5, 5.41) is 10.2. The Bertz CT molecular complexity index is 667. The fourth-order valence-electron chi connectivity index (χ4n) is 2.51. The minimum Gasteiger partial charge on any atom is -0.494 e. The Hall–Kier alpha value is -2.00. The van der Waals surface area contributed by atoms with Crippen LogP contribution in [0.3, 0.4) is 0 Å². The van der Waals surface area contributed by atoms with Crippen molar-refractivity contribution < 1.29 is 14.6 Å². The molecule has 0 bridgehead atoms. The molecule has 0 fully saturated rings. The molecule has 0 radical (unpaired) electrons. The lowest BCUT2D eigenvalue weighted by Gasteiger charge is -2.17. The van der Waals surface area contributed by atoms with Crippen molar-refractivity contribution in [3.8, 4) is 5.75 Å². The summed E-state index contributed by atoms with van der Waals surface area (Å²) in [4.78, 5) is 11.7. The van der Waals surface area contributed by atoms with Gasteiger partial charge in [0.05, 0.1) is 12.5 Å². The van der Waals surface area contributed by atoms with Crippen molar-refractivity contribution in [3.05, 3.63) is 64.2 Å². The molecule has 2 aromatic rings. The highest BCUT2D eigenvalue weighted by Gasteiger charge is 2.23. The number of aryl methyl sites for hydroxylation is 1. The number of aliphatic carboxylic acids is 1. The molecular weight excluding hydrogens is 300 g/mol. The minimum absolute atomic E-state index is 0.365. The molecule has 1 atom stereocenters. The van der Waals surface area contributed by atoms with Gasteiger partial charge in [-0.15, -0.1) is 0 Å². The summed E-state index contributed by atoms with van der Waals surface area (Å²) >= 11 is 6.15. The lowest BCUT2D eigenvalue weighted by atomic mass is 9.89. The van der Waals surface area contributed by atoms with E-state index in [1.807, 2.05) is 50.2 Å². The maximum atomic E-state index is 11.7. The zero-order chi connectivity index (χ0) is 16.1. The first-order valence-corrected chi connectivity index (χ1v) is 7.60. The summed E-state index contributed by atoms with van der Waals surface area (Å²) in [6.45, 7) is 4.40. The van der Waals surface area contributed by atoms with Crippen LogP contribution in [0.4, 0.5) is 0 Å². The van der Waals surface area contributed by atoms with Gasteiger partial charge in [0.15, 0.2) is 0 Å². The number of carbonyl (C=O) groups is 1. The quantitative estimate of drug-likeness (QED) is 0.855. The molecule has 2 rings (SSSR count). The van der Waals surface area contributed by atoms with E-state index in [0.29, 0.717) is 18.1 Å². The fraction of sp³-hybridized carbons (Fsp3) is 0.278. The molecule has 0 heterocycles. The van der Waals surface area contributed by atoms with Gasteiger partial charge in [-0.25, -0.2) is 0 Å². The number of ether oxygens (including phenoxy) is 1. The molecule has 0 aromatic heterocycles. The zero-order valence-corrected chi connectivity index (χ0v) is 13.4. The van der Waals surface area contributed by atoms with Crippen molar-refractivity contribution in [1.29, 1.82) is 0 Å². The van der Waals surface area contributed by atoms with Crippen LogP contribution in [-0.2, 0) is 11.2 Å². The molecule has 22 heavy (non-hydrogen) atoms. The van der Waals surface area contributed by atoms with Gasteiger partial charge in [-0.2, -0.15) is 0 Å². The molecule has 1 N–H and O–H groups in total. The van der Waals surface area contributed by atoms with Crippen molar-refractivity contribution in [2.75, 3.05) is 6.61 Å². The first-order chi connectivity index (χ1) is 10.5. The lowest BCUT2D eigenvalue weighted by Crippen LogP contribution is -2.16. The van der Waals surface area contributed by atoms with E-state index in [1.165, 1.54) is 0 Å². The Morgan fingerprint density at radius 1 is 1.27 bits per heavy atom. The smallest absolute Gasteiger partial charge is 0.311 e. The van der Waals surface area contributed by atoms with E-state index in [2.05, 4.69) is 0 Å². The Kier molecular flexibility index (Phi) is 5.45. The van der Waals surface area contributed by atoms with Crippen molar-refractivity contribution in [3.63, 3.8) is 0 Å². The first kappa shape index (κ1) is 16.4. The summed E-state index contributed by atoms with van der Waals surface area (Å²) in [5.74, 6) is -0.728. The molecule has 0 aliphatic heterocycles. The molecule has 0 saturated heterocycles. The van der Waals surface area contributed by atoms with Crippen LogP contribution in [0.1, 0.15) is 29.5 Å². The van der Waals surface area contributed by atoms with Crippen molar-refractivity contribution in [2.45, 2.75) is 26.2 Å². The van der Waals surface area contributed by atoms with Crippen molar-refractivity contribution in [2.24, 2.45) is 0 Å². The van der Waals surface area contributed by atoms with E-state index in [1.54, 1.807) is 6.07 Å². The zero-order valence-electron chi connectivity index (χ0n) is 12.7. The largest absolute Gasteiger partial charge is 0.494 e. The summed E-state index contributed by atoms with van der Waals surface area (Å²) in [7, 11) is 0. The van der Waals surface area contributed by atoms with Gasteiger partial charge in [-0.3, -0.25) is 4.79 Å². The van der Waals surface area contributed by atoms with E-state index in [9.17, 15) is 9.90 Å². The molecular formula is C18H19ClO3. The number of rotatable bonds is 6. The number of halogens is 1. The van der Waals surface area contributed by atoms with Gasteiger partial charge in [0.1, 0.15) is 5.75 Å². The van der Waals surface area contributed by atoms with E-state index in [0.717, 1.165) is 22.4 Å². The molecule has 0 saturated carbocycles. The van der Waals surface area contributed by atoms with Crippen molar-refractivity contribution >= 4 is 17.6 Å². The van der Waals surface area contributed by atoms with E-state index in [4.69, 9.17) is 16.3 Å². The monoisotopic (exact) mass is 318 g/mol. The average Bonchev–Trinajstić information content (AvgIpc) is 2.47. The highest BCUT2D eigenvalue weighted by atomic mass is 35.5. The summed E-state index contributed by atoms with van der Waals surface area (Å²) in [6, 6.07) is 12.9. The average molecular weight is 319 g/mol. The summed E-state index contributed by atoms with van der Waals surface area (Å²) in [6.07, 6.45) is 0.365. The van der Waals surface area contributed by atoms with Crippen LogP contribution in [-0.4, -0.2) is 17.7 Å². The number of carboxylic acids is 1. The van der Waals surface area contributed by atoms with Gasteiger partial charge in [0.25, 0.3) is 0 Å². The SMILES string of the molecule is CCOc1ccc(C(Cc2ccccc2Cl)C(=O)O)c(C)c1. The number of hydrogen-bond donors (Lipinski definition) is 1. The third-order valence-corrected chi connectivity index (χ3v) is 3.98. The van der Waals surface area contributed by atoms with Gasteiger partial charge in [0, 0.05) is 5.02 Å². The standard InChI is InChI=1S/C18H19ClO3/c1-3-22-14-8-9-15(12(2)10-14)16(18(20)21)11-13-6-4-5-7-17(13)19/h4-10,16H,3,11H2,1-2H3,(H,20,21). The maximum absolute atomic E-state index is 11.7. The number of carboxylic acid groups (broad SMARTS) is 1. The molecule has 2 aromatic carbocycles. The normalized spacial score (nSPS) is 12.0. The molecule has 0 spiro atoms. The third kappa shape index (κ3) is 3.80. The Balaban J connectivity index is 2.32. The van der Waals surface area contributed by atoms with Crippen LogP contribution in [0.2, 0.25) is 5.02 Å². The van der Waals surface area contributed by atoms with Crippen LogP contribution in [0.5, 0.6) is 5.75 Å². The molecule has 116 valence electrons. The maximum Gasteiger partial charge on any atom is 0.311 e. The van der Waals surface area contributed by atoms with Gasteiger partial charge in [0.2, 0.25) is 0 Å². The van der Waals surface area contributed by atoms with Gasteiger partial charge >= 0.3 is 5.97 Å². The molecule has 1 unspecified atom stereocenters. The second-order valence-corrected chi connectivity index (χ2v) is 5.54. The molecule has 0 aliphatic rings. The second kappa shape index (κ2) is 7.32. The van der Waals surface area contributed by atoms with Crippen LogP contribution >= 0.6 is 11.6 Å². The molecule has 3 nitrogen and oxygen atoms in total. The molecule has 0 amide bonds. The molecule has 0 aliphatic carbocycles. The predicted octanol–water partition coefficient (Wildman–Crippen LogP) is 4.46. The van der Waals surface area contributed by atoms with Gasteiger partial charge in [-0.05, 0) is 55.2 Å². The number of hydrogen-bond acceptors (Lipinski definition) is 2. The van der Waals surface area contributed by atoms with Crippen LogP contribution in [0.15, 0.2) is 42.5 Å². The highest BCUT2D eigenvalue weighted by Crippen LogP contribution is 2.29. The highest BCUT2D eigenvalue weighted by molar-refractivity contribution is 6.31. The fourth-order valence-corrected chi connectivity index (χ4v) is 2.72. The van der Waals surface area contributed by atoms with E-state index < -0.39 is 11.9 Å². The van der Waals surface area contributed by atoms with Crippen LogP contribution in [0.25, 0.3) is 0 Å². The third-order valence-electron chi connectivity index (χ3n) is 3.61. The van der Waals surface area contributed by atoms with Gasteiger partial charge < -0.3 is 9.84 Å². The van der Waals surface area contributed by atoms with E-state index in [-0.39, 0.29) is 0 Å². The Labute approximate surface area is 135 Å². The lowest BCUT2D eigenvalue weighted by molar-refractivity contribution is -0.138.